The lowest BCUT2D eigenvalue weighted by molar-refractivity contribution is 0.105. The molecule has 1 saturated heterocycles. The van der Waals surface area contributed by atoms with Crippen LogP contribution in [0, 0.1) is 0 Å². The monoisotopic (exact) mass is 304 g/mol. The first-order valence-electron chi connectivity index (χ1n) is 8.14. The van der Waals surface area contributed by atoms with Gasteiger partial charge in [0.25, 0.3) is 0 Å². The van der Waals surface area contributed by atoms with Gasteiger partial charge >= 0.3 is 6.09 Å². The van der Waals surface area contributed by atoms with E-state index in [1.807, 2.05) is 6.92 Å². The van der Waals surface area contributed by atoms with E-state index < -0.39 is 0 Å². The highest BCUT2D eigenvalue weighted by atomic mass is 16.6. The van der Waals surface area contributed by atoms with Crippen LogP contribution in [0.5, 0.6) is 0 Å². The summed E-state index contributed by atoms with van der Waals surface area (Å²) in [4.78, 5) is 20.6. The number of pyridine rings is 1. The summed E-state index contributed by atoms with van der Waals surface area (Å²) in [7, 11) is 0. The van der Waals surface area contributed by atoms with Crippen molar-refractivity contribution in [3.05, 3.63) is 23.4 Å². The Morgan fingerprint density at radius 3 is 2.77 bits per heavy atom. The number of fused-ring (bicyclic) bond motifs is 1. The molecule has 6 heteroatoms. The molecule has 0 radical (unpaired) electrons. The van der Waals surface area contributed by atoms with E-state index in [2.05, 4.69) is 22.3 Å². The van der Waals surface area contributed by atoms with Crippen LogP contribution in [0.25, 0.3) is 0 Å². The van der Waals surface area contributed by atoms with E-state index in [0.717, 1.165) is 44.8 Å². The summed E-state index contributed by atoms with van der Waals surface area (Å²) in [5, 5.41) is 3.41. The summed E-state index contributed by atoms with van der Waals surface area (Å²) >= 11 is 0. The minimum atomic E-state index is -0.205. The second-order valence-electron chi connectivity index (χ2n) is 5.70. The van der Waals surface area contributed by atoms with E-state index in [9.17, 15) is 4.79 Å². The van der Waals surface area contributed by atoms with Crippen molar-refractivity contribution in [1.29, 1.82) is 0 Å². The minimum Gasteiger partial charge on any atom is -0.450 e. The SMILES string of the molecule is CCOC(=O)N1CCN(c2ccc3c(n2)CCNCC3)CC1. The first kappa shape index (κ1) is 15.1. The molecule has 1 aromatic heterocycles. The van der Waals surface area contributed by atoms with E-state index >= 15 is 0 Å². The van der Waals surface area contributed by atoms with Gasteiger partial charge in [-0.3, -0.25) is 0 Å². The third kappa shape index (κ3) is 3.32. The van der Waals surface area contributed by atoms with Crippen LogP contribution in [0.15, 0.2) is 12.1 Å². The van der Waals surface area contributed by atoms with Crippen LogP contribution in [0.1, 0.15) is 18.2 Å². The largest absolute Gasteiger partial charge is 0.450 e. The van der Waals surface area contributed by atoms with Gasteiger partial charge in [0.05, 0.1) is 6.61 Å². The number of carbonyl (C=O) groups excluding carboxylic acids is 1. The number of ether oxygens (including phenoxy) is 1. The molecule has 3 heterocycles. The molecule has 2 aliphatic rings. The van der Waals surface area contributed by atoms with Crippen molar-refractivity contribution in [3.8, 4) is 0 Å². The third-order valence-electron chi connectivity index (χ3n) is 4.29. The standard InChI is InChI=1S/C16H24N4O2/c1-2-22-16(21)20-11-9-19(10-12-20)15-4-3-13-5-7-17-8-6-14(13)18-15/h3-4,17H,2,5-12H2,1H3. The number of nitrogens with one attached hydrogen (secondary N) is 1. The molecule has 1 N–H and O–H groups in total. The minimum absolute atomic E-state index is 0.205. The first-order valence-corrected chi connectivity index (χ1v) is 8.14. The highest BCUT2D eigenvalue weighted by Gasteiger charge is 2.23. The molecule has 0 bridgehead atoms. The summed E-state index contributed by atoms with van der Waals surface area (Å²) in [5.41, 5.74) is 2.58. The Hall–Kier alpha value is -1.82. The van der Waals surface area contributed by atoms with Gasteiger partial charge in [-0.2, -0.15) is 0 Å². The fraction of sp³-hybridized carbons (Fsp3) is 0.625. The molecule has 2 aliphatic heterocycles. The number of aromatic nitrogens is 1. The number of piperazine rings is 1. The summed E-state index contributed by atoms with van der Waals surface area (Å²) in [5.74, 6) is 1.03. The Morgan fingerprint density at radius 1 is 1.23 bits per heavy atom. The normalized spacial score (nSPS) is 18.6. The van der Waals surface area contributed by atoms with Gasteiger partial charge in [-0.1, -0.05) is 6.07 Å². The lowest BCUT2D eigenvalue weighted by atomic mass is 10.1. The molecule has 0 spiro atoms. The molecule has 3 rings (SSSR count). The molecular weight excluding hydrogens is 280 g/mol. The average Bonchev–Trinajstić information content (AvgIpc) is 2.80. The predicted molar refractivity (Wildman–Crippen MR) is 85.3 cm³/mol. The smallest absolute Gasteiger partial charge is 0.409 e. The number of hydrogen-bond acceptors (Lipinski definition) is 5. The van der Waals surface area contributed by atoms with Crippen molar-refractivity contribution in [2.24, 2.45) is 0 Å². The van der Waals surface area contributed by atoms with Crippen molar-refractivity contribution in [2.75, 3.05) is 50.8 Å². The molecule has 6 nitrogen and oxygen atoms in total. The van der Waals surface area contributed by atoms with Crippen molar-refractivity contribution in [2.45, 2.75) is 19.8 Å². The van der Waals surface area contributed by atoms with E-state index in [0.29, 0.717) is 19.7 Å². The van der Waals surface area contributed by atoms with Crippen molar-refractivity contribution in [3.63, 3.8) is 0 Å². The van der Waals surface area contributed by atoms with E-state index in [1.54, 1.807) is 4.90 Å². The van der Waals surface area contributed by atoms with Crippen LogP contribution in [-0.2, 0) is 17.6 Å². The van der Waals surface area contributed by atoms with Gasteiger partial charge in [-0.05, 0) is 31.5 Å². The molecule has 120 valence electrons. The van der Waals surface area contributed by atoms with Crippen molar-refractivity contribution >= 4 is 11.9 Å². The zero-order chi connectivity index (χ0) is 15.4. The lowest BCUT2D eigenvalue weighted by Gasteiger charge is -2.35. The van der Waals surface area contributed by atoms with Gasteiger partial charge in [0.2, 0.25) is 0 Å². The molecule has 0 atom stereocenters. The molecule has 0 saturated carbocycles. The third-order valence-corrected chi connectivity index (χ3v) is 4.29. The van der Waals surface area contributed by atoms with Crippen LogP contribution in [0.4, 0.5) is 10.6 Å². The maximum Gasteiger partial charge on any atom is 0.409 e. The maximum atomic E-state index is 11.7. The average molecular weight is 304 g/mol. The zero-order valence-electron chi connectivity index (χ0n) is 13.2. The van der Waals surface area contributed by atoms with Gasteiger partial charge in [-0.15, -0.1) is 0 Å². The number of rotatable bonds is 2. The molecule has 0 unspecified atom stereocenters. The van der Waals surface area contributed by atoms with Crippen molar-refractivity contribution in [1.82, 2.24) is 15.2 Å². The van der Waals surface area contributed by atoms with Gasteiger partial charge in [0.15, 0.2) is 0 Å². The molecule has 22 heavy (non-hydrogen) atoms. The molecule has 1 fully saturated rings. The van der Waals surface area contributed by atoms with Gasteiger partial charge in [0, 0.05) is 44.8 Å². The second-order valence-corrected chi connectivity index (χ2v) is 5.70. The number of amides is 1. The molecule has 0 aromatic carbocycles. The second kappa shape index (κ2) is 6.96. The number of hydrogen-bond donors (Lipinski definition) is 1. The topological polar surface area (TPSA) is 57.7 Å². The van der Waals surface area contributed by atoms with Crippen LogP contribution < -0.4 is 10.2 Å². The molecule has 0 aliphatic carbocycles. The zero-order valence-corrected chi connectivity index (χ0v) is 13.2. The van der Waals surface area contributed by atoms with Crippen LogP contribution >= 0.6 is 0 Å². The Labute approximate surface area is 131 Å². The lowest BCUT2D eigenvalue weighted by Crippen LogP contribution is -2.49. The fourth-order valence-corrected chi connectivity index (χ4v) is 3.03. The van der Waals surface area contributed by atoms with Crippen LogP contribution in [-0.4, -0.2) is 61.9 Å². The highest BCUT2D eigenvalue weighted by Crippen LogP contribution is 2.19. The van der Waals surface area contributed by atoms with Gasteiger partial charge < -0.3 is 19.9 Å². The summed E-state index contributed by atoms with van der Waals surface area (Å²) < 4.78 is 5.06. The summed E-state index contributed by atoms with van der Waals surface area (Å²) in [6.45, 7) is 7.30. The molecule has 1 amide bonds. The highest BCUT2D eigenvalue weighted by molar-refractivity contribution is 5.68. The van der Waals surface area contributed by atoms with E-state index in [-0.39, 0.29) is 6.09 Å². The number of anilines is 1. The van der Waals surface area contributed by atoms with Gasteiger partial charge in [0.1, 0.15) is 5.82 Å². The van der Waals surface area contributed by atoms with Crippen molar-refractivity contribution < 1.29 is 9.53 Å². The fourth-order valence-electron chi connectivity index (χ4n) is 3.03. The molecule has 1 aromatic rings. The number of carbonyl (C=O) groups is 1. The van der Waals surface area contributed by atoms with Crippen LogP contribution in [0.3, 0.4) is 0 Å². The quantitative estimate of drug-likeness (QED) is 0.885. The Balaban J connectivity index is 1.64. The maximum absolute atomic E-state index is 11.7. The van der Waals surface area contributed by atoms with E-state index in [1.165, 1.54) is 11.3 Å². The summed E-state index contributed by atoms with van der Waals surface area (Å²) in [6, 6.07) is 4.33. The Kier molecular flexibility index (Phi) is 4.77. The predicted octanol–water partition coefficient (Wildman–Crippen LogP) is 1.05. The summed E-state index contributed by atoms with van der Waals surface area (Å²) in [6.07, 6.45) is 1.84. The van der Waals surface area contributed by atoms with E-state index in [4.69, 9.17) is 9.72 Å². The number of nitrogens with zero attached hydrogens (tertiary/aromatic N) is 3. The Morgan fingerprint density at radius 2 is 2.00 bits per heavy atom. The Bertz CT molecular complexity index is 527. The van der Waals surface area contributed by atoms with Crippen LogP contribution in [0.2, 0.25) is 0 Å². The van der Waals surface area contributed by atoms with Gasteiger partial charge in [-0.25, -0.2) is 9.78 Å². The molecular formula is C16H24N4O2. The first-order chi connectivity index (χ1) is 10.8.